The second kappa shape index (κ2) is 8.34. The highest BCUT2D eigenvalue weighted by molar-refractivity contribution is 5.82. The van der Waals surface area contributed by atoms with Crippen LogP contribution >= 0.6 is 0 Å². The first-order chi connectivity index (χ1) is 14.3. The van der Waals surface area contributed by atoms with Crippen molar-refractivity contribution in [1.29, 1.82) is 0 Å². The number of nitrogens with one attached hydrogen (secondary N) is 2. The van der Waals surface area contributed by atoms with Gasteiger partial charge in [0.2, 0.25) is 0 Å². The molecule has 7 nitrogen and oxygen atoms in total. The zero-order valence-corrected chi connectivity index (χ0v) is 16.6. The Morgan fingerprint density at radius 1 is 1.14 bits per heavy atom. The largest absolute Gasteiger partial charge is 0.441 e. The minimum absolute atomic E-state index is 0.0345. The molecule has 1 amide bonds. The Hall–Kier alpha value is -2.09. The molecule has 0 radical (unpaired) electrons. The third-order valence-corrected chi connectivity index (χ3v) is 6.55. The predicted octanol–water partition coefficient (Wildman–Crippen LogP) is 1.83. The molecule has 1 aromatic carbocycles. The predicted molar refractivity (Wildman–Crippen MR) is 107 cm³/mol. The highest BCUT2D eigenvalue weighted by Crippen LogP contribution is 2.28. The average Bonchev–Trinajstić information content (AvgIpc) is 3.44. The Bertz CT molecular complexity index is 847. The molecule has 2 aromatic rings. The normalized spacial score (nSPS) is 29.8. The van der Waals surface area contributed by atoms with Crippen LogP contribution in [0.4, 0.5) is 4.79 Å². The maximum absolute atomic E-state index is 12.3. The van der Waals surface area contributed by atoms with Crippen molar-refractivity contribution in [2.45, 2.75) is 69.0 Å². The standard InChI is InChI=1S/C22H29N3O4/c26-22(25-15-6-2-1-3-7-15)29-19-13-28-20-18(12-27-21(19)20)24-11-14-10-23-17-9-5-4-8-16(14)17/h4-5,8-10,15,18-21,23-24H,1-3,6-7,11-13H2,(H,25,26)/p+1/t18-,19+,20+,21+/m0/s1. The molecule has 1 aliphatic carbocycles. The number of alkyl carbamates (subject to hydrolysis) is 1. The third-order valence-electron chi connectivity index (χ3n) is 6.55. The van der Waals surface area contributed by atoms with Crippen LogP contribution in [-0.2, 0) is 20.8 Å². The van der Waals surface area contributed by atoms with E-state index in [1.54, 1.807) is 0 Å². The molecule has 156 valence electrons. The van der Waals surface area contributed by atoms with Crippen molar-refractivity contribution in [3.05, 3.63) is 36.0 Å². The van der Waals surface area contributed by atoms with Gasteiger partial charge in [-0.2, -0.15) is 0 Å². The summed E-state index contributed by atoms with van der Waals surface area (Å²) in [5.74, 6) is 0. The number of H-pyrrole nitrogens is 1. The number of carbonyl (C=O) groups excluding carboxylic acids is 1. The smallest absolute Gasteiger partial charge is 0.407 e. The van der Waals surface area contributed by atoms with Gasteiger partial charge in [-0.25, -0.2) is 4.79 Å². The first kappa shape index (κ1) is 18.9. The molecule has 0 bridgehead atoms. The van der Waals surface area contributed by atoms with E-state index in [0.29, 0.717) is 13.2 Å². The quantitative estimate of drug-likeness (QED) is 0.714. The van der Waals surface area contributed by atoms with Gasteiger partial charge in [0.25, 0.3) is 0 Å². The van der Waals surface area contributed by atoms with Gasteiger partial charge in [-0.15, -0.1) is 0 Å². The molecule has 3 heterocycles. The summed E-state index contributed by atoms with van der Waals surface area (Å²) in [4.78, 5) is 15.6. The number of benzene rings is 1. The number of hydrogen-bond donors (Lipinski definition) is 3. The molecule has 3 aliphatic rings. The number of fused-ring (bicyclic) bond motifs is 2. The lowest BCUT2D eigenvalue weighted by Crippen LogP contribution is -2.91. The lowest BCUT2D eigenvalue weighted by Gasteiger charge is -2.24. The lowest BCUT2D eigenvalue weighted by molar-refractivity contribution is -0.707. The highest BCUT2D eigenvalue weighted by Gasteiger charge is 2.51. The molecule has 5 rings (SSSR count). The van der Waals surface area contributed by atoms with Crippen molar-refractivity contribution in [1.82, 2.24) is 10.3 Å². The molecule has 2 saturated heterocycles. The van der Waals surface area contributed by atoms with Crippen molar-refractivity contribution in [3.63, 3.8) is 0 Å². The van der Waals surface area contributed by atoms with Crippen LogP contribution in [-0.4, -0.2) is 54.7 Å². The van der Waals surface area contributed by atoms with Crippen molar-refractivity contribution in [2.24, 2.45) is 0 Å². The van der Waals surface area contributed by atoms with Gasteiger partial charge >= 0.3 is 6.09 Å². The summed E-state index contributed by atoms with van der Waals surface area (Å²) in [6, 6.07) is 8.80. The molecule has 7 heteroatoms. The second-order valence-corrected chi connectivity index (χ2v) is 8.48. The molecule has 2 aliphatic heterocycles. The minimum Gasteiger partial charge on any atom is -0.441 e. The molecule has 0 spiro atoms. The third kappa shape index (κ3) is 3.99. The van der Waals surface area contributed by atoms with Gasteiger partial charge in [-0.05, 0) is 18.9 Å². The van der Waals surface area contributed by atoms with Crippen LogP contribution in [0.5, 0.6) is 0 Å². The highest BCUT2D eigenvalue weighted by atomic mass is 16.6. The maximum atomic E-state index is 12.3. The molecule has 4 atom stereocenters. The van der Waals surface area contributed by atoms with E-state index in [0.717, 1.165) is 24.9 Å². The van der Waals surface area contributed by atoms with E-state index in [1.165, 1.54) is 30.2 Å². The number of rotatable bonds is 5. The fourth-order valence-electron chi connectivity index (χ4n) is 4.96. The number of aromatic nitrogens is 1. The molecular formula is C22H30N3O4+. The zero-order chi connectivity index (χ0) is 19.6. The fourth-order valence-corrected chi connectivity index (χ4v) is 4.96. The van der Waals surface area contributed by atoms with Crippen LogP contribution in [0.15, 0.2) is 30.5 Å². The number of para-hydroxylation sites is 1. The van der Waals surface area contributed by atoms with E-state index in [9.17, 15) is 4.79 Å². The summed E-state index contributed by atoms with van der Waals surface area (Å²) in [5.41, 5.74) is 2.44. The fraction of sp³-hybridized carbons (Fsp3) is 0.591. The maximum Gasteiger partial charge on any atom is 0.407 e. The number of quaternary nitrogens is 1. The van der Waals surface area contributed by atoms with Crippen molar-refractivity contribution in [2.75, 3.05) is 13.2 Å². The molecule has 4 N–H and O–H groups in total. The number of amides is 1. The summed E-state index contributed by atoms with van der Waals surface area (Å²) >= 11 is 0. The van der Waals surface area contributed by atoms with Crippen LogP contribution in [0, 0.1) is 0 Å². The molecule has 29 heavy (non-hydrogen) atoms. The number of ether oxygens (including phenoxy) is 3. The molecule has 1 aromatic heterocycles. The Labute approximate surface area is 170 Å². The van der Waals surface area contributed by atoms with Gasteiger partial charge in [-0.3, -0.25) is 0 Å². The monoisotopic (exact) mass is 400 g/mol. The van der Waals surface area contributed by atoms with Crippen molar-refractivity contribution >= 4 is 17.0 Å². The summed E-state index contributed by atoms with van der Waals surface area (Å²) in [6.45, 7) is 1.88. The van der Waals surface area contributed by atoms with Crippen LogP contribution in [0.3, 0.4) is 0 Å². The summed E-state index contributed by atoms with van der Waals surface area (Å²) in [5, 5.41) is 6.55. The Morgan fingerprint density at radius 2 is 1.97 bits per heavy atom. The van der Waals surface area contributed by atoms with Gasteiger partial charge in [0, 0.05) is 28.7 Å². The Kier molecular flexibility index (Phi) is 5.44. The van der Waals surface area contributed by atoms with Crippen LogP contribution < -0.4 is 10.6 Å². The van der Waals surface area contributed by atoms with Gasteiger partial charge in [0.05, 0.1) is 6.61 Å². The topological polar surface area (TPSA) is 89.2 Å². The van der Waals surface area contributed by atoms with E-state index >= 15 is 0 Å². The Morgan fingerprint density at radius 3 is 2.86 bits per heavy atom. The first-order valence-corrected chi connectivity index (χ1v) is 10.9. The first-order valence-electron chi connectivity index (χ1n) is 10.9. The Balaban J connectivity index is 1.13. The van der Waals surface area contributed by atoms with Crippen LogP contribution in [0.25, 0.3) is 10.9 Å². The molecule has 3 fully saturated rings. The van der Waals surface area contributed by atoms with Gasteiger partial charge in [-0.1, -0.05) is 37.5 Å². The summed E-state index contributed by atoms with van der Waals surface area (Å²) in [6.07, 6.45) is 6.93. The number of nitrogens with two attached hydrogens (primary N) is 1. The summed E-state index contributed by atoms with van der Waals surface area (Å²) < 4.78 is 17.6. The molecule has 1 saturated carbocycles. The SMILES string of the molecule is O=C(NC1CCCCC1)O[C@@H]1CO[C@H]2[C@@H]1OC[C@@H]2[NH2+]Cc1c[nH]c2ccccc12. The van der Waals surface area contributed by atoms with Gasteiger partial charge in [0.15, 0.2) is 6.10 Å². The number of hydrogen-bond acceptors (Lipinski definition) is 4. The minimum atomic E-state index is -0.332. The van der Waals surface area contributed by atoms with Crippen LogP contribution in [0.1, 0.15) is 37.7 Å². The van der Waals surface area contributed by atoms with E-state index in [4.69, 9.17) is 14.2 Å². The van der Waals surface area contributed by atoms with Gasteiger partial charge in [0.1, 0.15) is 31.4 Å². The van der Waals surface area contributed by atoms with Crippen LogP contribution in [0.2, 0.25) is 0 Å². The van der Waals surface area contributed by atoms with E-state index < -0.39 is 0 Å². The molecule has 0 unspecified atom stereocenters. The van der Waals surface area contributed by atoms with E-state index in [-0.39, 0.29) is 36.5 Å². The second-order valence-electron chi connectivity index (χ2n) is 8.48. The number of aromatic amines is 1. The average molecular weight is 400 g/mol. The van der Waals surface area contributed by atoms with E-state index in [2.05, 4.69) is 40.0 Å². The van der Waals surface area contributed by atoms with Crippen molar-refractivity contribution < 1.29 is 24.3 Å². The lowest BCUT2D eigenvalue weighted by atomic mass is 9.96. The zero-order valence-electron chi connectivity index (χ0n) is 16.6. The number of carbonyl (C=O) groups is 1. The summed E-state index contributed by atoms with van der Waals surface area (Å²) in [7, 11) is 0. The van der Waals surface area contributed by atoms with E-state index in [1.807, 2.05) is 6.07 Å². The van der Waals surface area contributed by atoms with Gasteiger partial charge < -0.3 is 29.8 Å². The molecular weight excluding hydrogens is 370 g/mol. The van der Waals surface area contributed by atoms with Crippen molar-refractivity contribution in [3.8, 4) is 0 Å².